The van der Waals surface area contributed by atoms with Gasteiger partial charge in [0.2, 0.25) is 5.89 Å². The Morgan fingerprint density at radius 2 is 2.17 bits per heavy atom. The summed E-state index contributed by atoms with van der Waals surface area (Å²) in [5, 5.41) is 3.27. The molecule has 4 heteroatoms. The minimum atomic E-state index is 0.681. The lowest BCUT2D eigenvalue weighted by Crippen LogP contribution is -2.13. The van der Waals surface area contributed by atoms with Gasteiger partial charge in [-0.1, -0.05) is 22.9 Å². The van der Waals surface area contributed by atoms with Crippen molar-refractivity contribution in [1.82, 2.24) is 10.3 Å². The summed E-state index contributed by atoms with van der Waals surface area (Å²) in [7, 11) is 0. The van der Waals surface area contributed by atoms with E-state index < -0.39 is 0 Å². The van der Waals surface area contributed by atoms with Gasteiger partial charge in [-0.05, 0) is 43.7 Å². The highest BCUT2D eigenvalue weighted by Gasteiger charge is 2.07. The number of hydrogen-bond donors (Lipinski definition) is 1. The maximum atomic E-state index is 5.73. The van der Waals surface area contributed by atoms with Crippen molar-refractivity contribution in [3.8, 4) is 11.3 Å². The summed E-state index contributed by atoms with van der Waals surface area (Å²) in [6, 6.07) is 6.20. The van der Waals surface area contributed by atoms with Crippen molar-refractivity contribution < 1.29 is 4.42 Å². The van der Waals surface area contributed by atoms with Crippen molar-refractivity contribution >= 4 is 15.9 Å². The zero-order valence-electron chi connectivity index (χ0n) is 10.7. The molecule has 1 aromatic carbocycles. The van der Waals surface area contributed by atoms with Crippen LogP contribution in [0.3, 0.4) is 0 Å². The SMILES string of the molecule is CCCNCc1ncc(-c2cc(C)cc(Br)c2)o1. The van der Waals surface area contributed by atoms with Crippen molar-refractivity contribution in [2.75, 3.05) is 6.54 Å². The quantitative estimate of drug-likeness (QED) is 0.851. The van der Waals surface area contributed by atoms with Gasteiger partial charge in [-0.3, -0.25) is 0 Å². The van der Waals surface area contributed by atoms with Crippen LogP contribution in [0.25, 0.3) is 11.3 Å². The number of nitrogens with zero attached hydrogens (tertiary/aromatic N) is 1. The maximum absolute atomic E-state index is 5.73. The van der Waals surface area contributed by atoms with Crippen LogP contribution in [-0.2, 0) is 6.54 Å². The molecule has 1 aromatic heterocycles. The number of rotatable bonds is 5. The minimum absolute atomic E-state index is 0.681. The van der Waals surface area contributed by atoms with Crippen LogP contribution in [-0.4, -0.2) is 11.5 Å². The first-order valence-corrected chi connectivity index (χ1v) is 6.91. The Morgan fingerprint density at radius 3 is 2.89 bits per heavy atom. The molecule has 1 heterocycles. The standard InChI is InChI=1S/C14H17BrN2O/c1-3-4-16-9-14-17-8-13(18-14)11-5-10(2)6-12(15)7-11/h5-8,16H,3-4,9H2,1-2H3. The normalized spacial score (nSPS) is 10.8. The summed E-state index contributed by atoms with van der Waals surface area (Å²) in [5.74, 6) is 1.55. The molecule has 0 radical (unpaired) electrons. The predicted molar refractivity (Wildman–Crippen MR) is 76.4 cm³/mol. The molecule has 0 saturated heterocycles. The Balaban J connectivity index is 2.13. The van der Waals surface area contributed by atoms with E-state index in [2.05, 4.69) is 52.2 Å². The van der Waals surface area contributed by atoms with Crippen molar-refractivity contribution in [3.63, 3.8) is 0 Å². The molecule has 0 bridgehead atoms. The van der Waals surface area contributed by atoms with Crippen molar-refractivity contribution in [2.45, 2.75) is 26.8 Å². The Kier molecular flexibility index (Phi) is 4.55. The van der Waals surface area contributed by atoms with E-state index in [1.807, 2.05) is 6.07 Å². The van der Waals surface area contributed by atoms with Crippen LogP contribution in [0.15, 0.2) is 33.3 Å². The van der Waals surface area contributed by atoms with Gasteiger partial charge in [0.15, 0.2) is 5.76 Å². The highest BCUT2D eigenvalue weighted by atomic mass is 79.9. The lowest BCUT2D eigenvalue weighted by Gasteiger charge is -2.01. The summed E-state index contributed by atoms with van der Waals surface area (Å²) in [4.78, 5) is 4.28. The molecule has 2 aromatic rings. The third-order valence-electron chi connectivity index (χ3n) is 2.58. The molecule has 18 heavy (non-hydrogen) atoms. The Bertz CT molecular complexity index is 502. The molecule has 0 saturated carbocycles. The van der Waals surface area contributed by atoms with E-state index >= 15 is 0 Å². The average Bonchev–Trinajstić information content (AvgIpc) is 2.77. The molecule has 0 aliphatic heterocycles. The van der Waals surface area contributed by atoms with Crippen LogP contribution in [0.2, 0.25) is 0 Å². The van der Waals surface area contributed by atoms with Crippen molar-refractivity contribution in [1.29, 1.82) is 0 Å². The Labute approximate surface area is 116 Å². The van der Waals surface area contributed by atoms with Crippen LogP contribution in [0.1, 0.15) is 24.8 Å². The number of aryl methyl sites for hydroxylation is 1. The van der Waals surface area contributed by atoms with Crippen LogP contribution in [0, 0.1) is 6.92 Å². The second-order valence-corrected chi connectivity index (χ2v) is 5.23. The summed E-state index contributed by atoms with van der Waals surface area (Å²) < 4.78 is 6.79. The molecule has 0 amide bonds. The zero-order chi connectivity index (χ0) is 13.0. The van der Waals surface area contributed by atoms with Crippen molar-refractivity contribution in [2.24, 2.45) is 0 Å². The highest BCUT2D eigenvalue weighted by Crippen LogP contribution is 2.25. The third kappa shape index (κ3) is 3.43. The molecule has 3 nitrogen and oxygen atoms in total. The minimum Gasteiger partial charge on any atom is -0.439 e. The van der Waals surface area contributed by atoms with Gasteiger partial charge in [0.1, 0.15) is 0 Å². The van der Waals surface area contributed by atoms with Gasteiger partial charge >= 0.3 is 0 Å². The van der Waals surface area contributed by atoms with E-state index in [-0.39, 0.29) is 0 Å². The van der Waals surface area contributed by atoms with Gasteiger partial charge in [0.25, 0.3) is 0 Å². The van der Waals surface area contributed by atoms with Crippen LogP contribution >= 0.6 is 15.9 Å². The van der Waals surface area contributed by atoms with Crippen LogP contribution in [0.4, 0.5) is 0 Å². The number of oxazole rings is 1. The molecule has 1 N–H and O–H groups in total. The van der Waals surface area contributed by atoms with Gasteiger partial charge in [0.05, 0.1) is 12.7 Å². The number of halogens is 1. The molecule has 0 aliphatic carbocycles. The van der Waals surface area contributed by atoms with Gasteiger partial charge in [0, 0.05) is 10.0 Å². The number of nitrogens with one attached hydrogen (secondary N) is 1. The molecule has 2 rings (SSSR count). The van der Waals surface area contributed by atoms with E-state index in [1.54, 1.807) is 6.20 Å². The number of benzene rings is 1. The fraction of sp³-hybridized carbons (Fsp3) is 0.357. The number of hydrogen-bond acceptors (Lipinski definition) is 3. The molecule has 0 aliphatic rings. The van der Waals surface area contributed by atoms with Gasteiger partial charge in [-0.15, -0.1) is 0 Å². The zero-order valence-corrected chi connectivity index (χ0v) is 12.3. The molecule has 0 unspecified atom stereocenters. The molecule has 0 atom stereocenters. The first-order valence-electron chi connectivity index (χ1n) is 6.12. The van der Waals surface area contributed by atoms with Gasteiger partial charge < -0.3 is 9.73 Å². The molecule has 0 fully saturated rings. The highest BCUT2D eigenvalue weighted by molar-refractivity contribution is 9.10. The Hall–Kier alpha value is -1.13. The average molecular weight is 309 g/mol. The van der Waals surface area contributed by atoms with Crippen LogP contribution in [0.5, 0.6) is 0 Å². The fourth-order valence-corrected chi connectivity index (χ4v) is 2.38. The molecule has 96 valence electrons. The van der Waals surface area contributed by atoms with E-state index in [0.717, 1.165) is 34.7 Å². The fourth-order valence-electron chi connectivity index (χ4n) is 1.78. The predicted octanol–water partition coefficient (Wildman–Crippen LogP) is 3.91. The monoisotopic (exact) mass is 308 g/mol. The van der Waals surface area contributed by atoms with E-state index in [1.165, 1.54) is 5.56 Å². The molecular weight excluding hydrogens is 292 g/mol. The first-order chi connectivity index (χ1) is 8.69. The largest absolute Gasteiger partial charge is 0.439 e. The second kappa shape index (κ2) is 6.16. The first kappa shape index (κ1) is 13.3. The lowest BCUT2D eigenvalue weighted by molar-refractivity contribution is 0.478. The number of aromatic nitrogens is 1. The van der Waals surface area contributed by atoms with Gasteiger partial charge in [-0.25, -0.2) is 4.98 Å². The topological polar surface area (TPSA) is 38.1 Å². The lowest BCUT2D eigenvalue weighted by atomic mass is 10.1. The maximum Gasteiger partial charge on any atom is 0.208 e. The summed E-state index contributed by atoms with van der Waals surface area (Å²) in [6.07, 6.45) is 2.89. The molecule has 0 spiro atoms. The Morgan fingerprint density at radius 1 is 1.33 bits per heavy atom. The molecular formula is C14H17BrN2O. The second-order valence-electron chi connectivity index (χ2n) is 4.31. The van der Waals surface area contributed by atoms with E-state index in [0.29, 0.717) is 6.54 Å². The summed E-state index contributed by atoms with van der Waals surface area (Å²) in [6.45, 7) is 5.86. The third-order valence-corrected chi connectivity index (χ3v) is 3.04. The van der Waals surface area contributed by atoms with E-state index in [9.17, 15) is 0 Å². The van der Waals surface area contributed by atoms with Crippen LogP contribution < -0.4 is 5.32 Å². The van der Waals surface area contributed by atoms with Crippen molar-refractivity contribution in [3.05, 3.63) is 40.3 Å². The summed E-state index contributed by atoms with van der Waals surface area (Å²) in [5.41, 5.74) is 2.25. The smallest absolute Gasteiger partial charge is 0.208 e. The summed E-state index contributed by atoms with van der Waals surface area (Å²) >= 11 is 3.49. The van der Waals surface area contributed by atoms with Gasteiger partial charge in [-0.2, -0.15) is 0 Å². The van der Waals surface area contributed by atoms with E-state index in [4.69, 9.17) is 4.42 Å².